The number of nitrogens with zero attached hydrogens (tertiary/aromatic N) is 2. The van der Waals surface area contributed by atoms with Crippen molar-refractivity contribution in [2.45, 2.75) is 32.9 Å². The lowest BCUT2D eigenvalue weighted by molar-refractivity contribution is 0.217. The summed E-state index contributed by atoms with van der Waals surface area (Å²) in [6, 6.07) is 7.54. The smallest absolute Gasteiger partial charge is 0.140 e. The Morgan fingerprint density at radius 2 is 2.17 bits per heavy atom. The standard InChI is InChI=1S/C13H21N3O2/c1-10(2)16(7-6-13(14)15-18)9-11-4-3-5-12(17)8-11/h3-5,8,10,17-18H,6-7,9H2,1-2H3,(H2,14,15). The minimum Gasteiger partial charge on any atom is -0.508 e. The molecule has 100 valence electrons. The van der Waals surface area contributed by atoms with E-state index in [4.69, 9.17) is 10.9 Å². The summed E-state index contributed by atoms with van der Waals surface area (Å²) in [7, 11) is 0. The van der Waals surface area contributed by atoms with Crippen molar-refractivity contribution < 1.29 is 10.3 Å². The van der Waals surface area contributed by atoms with Crippen LogP contribution in [0.1, 0.15) is 25.8 Å². The summed E-state index contributed by atoms with van der Waals surface area (Å²) in [6.07, 6.45) is 0.521. The molecule has 0 aliphatic carbocycles. The summed E-state index contributed by atoms with van der Waals surface area (Å²) >= 11 is 0. The van der Waals surface area contributed by atoms with Crippen LogP contribution in [0.5, 0.6) is 5.75 Å². The summed E-state index contributed by atoms with van der Waals surface area (Å²) in [5, 5.41) is 20.9. The van der Waals surface area contributed by atoms with Gasteiger partial charge in [0.25, 0.3) is 0 Å². The maximum Gasteiger partial charge on any atom is 0.140 e. The van der Waals surface area contributed by atoms with Gasteiger partial charge in [-0.15, -0.1) is 0 Å². The molecule has 5 nitrogen and oxygen atoms in total. The fraction of sp³-hybridized carbons (Fsp3) is 0.462. The van der Waals surface area contributed by atoms with Crippen LogP contribution in [0.25, 0.3) is 0 Å². The molecule has 0 spiro atoms. The molecule has 1 rings (SSSR count). The molecule has 0 saturated heterocycles. The Kier molecular flexibility index (Phi) is 5.45. The summed E-state index contributed by atoms with van der Waals surface area (Å²) < 4.78 is 0. The number of benzene rings is 1. The topological polar surface area (TPSA) is 82.1 Å². The van der Waals surface area contributed by atoms with Crippen LogP contribution in [-0.2, 0) is 6.54 Å². The van der Waals surface area contributed by atoms with Crippen molar-refractivity contribution in [1.82, 2.24) is 4.90 Å². The number of nitrogens with two attached hydrogens (primary N) is 1. The molecule has 0 heterocycles. The highest BCUT2D eigenvalue weighted by atomic mass is 16.4. The molecule has 1 aromatic carbocycles. The Bertz CT molecular complexity index is 405. The molecule has 18 heavy (non-hydrogen) atoms. The van der Waals surface area contributed by atoms with Gasteiger partial charge in [-0.25, -0.2) is 0 Å². The van der Waals surface area contributed by atoms with E-state index >= 15 is 0 Å². The van der Waals surface area contributed by atoms with Gasteiger partial charge in [0.15, 0.2) is 0 Å². The van der Waals surface area contributed by atoms with E-state index in [1.165, 1.54) is 0 Å². The number of hydrogen-bond donors (Lipinski definition) is 3. The first-order chi connectivity index (χ1) is 8.52. The molecule has 0 aromatic heterocycles. The third-order valence-corrected chi connectivity index (χ3v) is 2.81. The van der Waals surface area contributed by atoms with E-state index in [0.717, 1.165) is 12.1 Å². The van der Waals surface area contributed by atoms with Crippen molar-refractivity contribution in [1.29, 1.82) is 0 Å². The number of hydrogen-bond acceptors (Lipinski definition) is 4. The first-order valence-electron chi connectivity index (χ1n) is 6.01. The van der Waals surface area contributed by atoms with Gasteiger partial charge >= 0.3 is 0 Å². The van der Waals surface area contributed by atoms with Crippen LogP contribution >= 0.6 is 0 Å². The second-order valence-electron chi connectivity index (χ2n) is 4.58. The average Bonchev–Trinajstić information content (AvgIpc) is 2.33. The molecule has 4 N–H and O–H groups in total. The molecule has 0 aliphatic rings. The van der Waals surface area contributed by atoms with Gasteiger partial charge in [-0.2, -0.15) is 0 Å². The van der Waals surface area contributed by atoms with Crippen LogP contribution in [0.3, 0.4) is 0 Å². The van der Waals surface area contributed by atoms with Crippen LogP contribution in [0.4, 0.5) is 0 Å². The Balaban J connectivity index is 2.63. The third-order valence-electron chi connectivity index (χ3n) is 2.81. The highest BCUT2D eigenvalue weighted by Gasteiger charge is 2.11. The highest BCUT2D eigenvalue weighted by Crippen LogP contribution is 2.14. The van der Waals surface area contributed by atoms with Crippen molar-refractivity contribution in [2.24, 2.45) is 10.9 Å². The van der Waals surface area contributed by atoms with E-state index in [9.17, 15) is 5.11 Å². The second-order valence-corrected chi connectivity index (χ2v) is 4.58. The number of amidine groups is 1. The predicted octanol–water partition coefficient (Wildman–Crippen LogP) is 1.74. The molecule has 0 atom stereocenters. The molecule has 0 radical (unpaired) electrons. The van der Waals surface area contributed by atoms with Gasteiger partial charge < -0.3 is 16.0 Å². The van der Waals surface area contributed by atoms with E-state index in [2.05, 4.69) is 23.9 Å². The zero-order valence-electron chi connectivity index (χ0n) is 10.9. The number of phenols is 1. The Labute approximate surface area is 108 Å². The first kappa shape index (κ1) is 14.3. The van der Waals surface area contributed by atoms with Gasteiger partial charge in [0.1, 0.15) is 11.6 Å². The summed E-state index contributed by atoms with van der Waals surface area (Å²) in [5.41, 5.74) is 6.52. The Morgan fingerprint density at radius 1 is 1.44 bits per heavy atom. The first-order valence-corrected chi connectivity index (χ1v) is 6.01. The lowest BCUT2D eigenvalue weighted by atomic mass is 10.1. The average molecular weight is 251 g/mol. The van der Waals surface area contributed by atoms with Crippen molar-refractivity contribution in [3.05, 3.63) is 29.8 Å². The fourth-order valence-electron chi connectivity index (χ4n) is 1.72. The predicted molar refractivity (Wildman–Crippen MR) is 71.7 cm³/mol. The maximum absolute atomic E-state index is 9.43. The highest BCUT2D eigenvalue weighted by molar-refractivity contribution is 5.79. The maximum atomic E-state index is 9.43. The van der Waals surface area contributed by atoms with Crippen molar-refractivity contribution in [2.75, 3.05) is 6.54 Å². The quantitative estimate of drug-likeness (QED) is 0.311. The molecule has 5 heteroatoms. The SMILES string of the molecule is CC(C)N(CCC(N)=NO)Cc1cccc(O)c1. The van der Waals surface area contributed by atoms with E-state index < -0.39 is 0 Å². The Morgan fingerprint density at radius 3 is 2.72 bits per heavy atom. The molecule has 0 bridgehead atoms. The summed E-state index contributed by atoms with van der Waals surface area (Å²) in [5.74, 6) is 0.504. The van der Waals surface area contributed by atoms with E-state index in [1.54, 1.807) is 12.1 Å². The number of oxime groups is 1. The van der Waals surface area contributed by atoms with Gasteiger partial charge in [-0.3, -0.25) is 4.90 Å². The molecule has 0 saturated carbocycles. The minimum atomic E-state index is 0.233. The van der Waals surface area contributed by atoms with Crippen LogP contribution in [0.2, 0.25) is 0 Å². The van der Waals surface area contributed by atoms with E-state index in [0.29, 0.717) is 19.0 Å². The largest absolute Gasteiger partial charge is 0.508 e. The van der Waals surface area contributed by atoms with Gasteiger partial charge in [0, 0.05) is 25.6 Å². The van der Waals surface area contributed by atoms with E-state index in [1.807, 2.05) is 12.1 Å². The molecule has 0 fully saturated rings. The lowest BCUT2D eigenvalue weighted by Crippen LogP contribution is -2.33. The van der Waals surface area contributed by atoms with Crippen LogP contribution in [0.15, 0.2) is 29.4 Å². The molecular formula is C13H21N3O2. The molecule has 0 unspecified atom stereocenters. The van der Waals surface area contributed by atoms with Gasteiger partial charge in [0.05, 0.1) is 0 Å². The van der Waals surface area contributed by atoms with Gasteiger partial charge in [-0.1, -0.05) is 17.3 Å². The normalized spacial score (nSPS) is 12.3. The summed E-state index contributed by atoms with van der Waals surface area (Å²) in [6.45, 7) is 5.62. The van der Waals surface area contributed by atoms with Crippen LogP contribution in [-0.4, -0.2) is 33.6 Å². The van der Waals surface area contributed by atoms with Gasteiger partial charge in [0.2, 0.25) is 0 Å². The van der Waals surface area contributed by atoms with Crippen molar-refractivity contribution in [3.63, 3.8) is 0 Å². The number of aromatic hydroxyl groups is 1. The van der Waals surface area contributed by atoms with Crippen LogP contribution < -0.4 is 5.73 Å². The molecule has 0 aliphatic heterocycles. The molecular weight excluding hydrogens is 230 g/mol. The zero-order chi connectivity index (χ0) is 13.5. The molecule has 0 amide bonds. The fourth-order valence-corrected chi connectivity index (χ4v) is 1.72. The minimum absolute atomic E-state index is 0.233. The number of phenolic OH excluding ortho intramolecular Hbond substituents is 1. The van der Waals surface area contributed by atoms with Crippen molar-refractivity contribution in [3.8, 4) is 5.75 Å². The zero-order valence-corrected chi connectivity index (χ0v) is 10.9. The Hall–Kier alpha value is -1.75. The van der Waals surface area contributed by atoms with Crippen molar-refractivity contribution >= 4 is 5.84 Å². The molecule has 1 aromatic rings. The van der Waals surface area contributed by atoms with Gasteiger partial charge in [-0.05, 0) is 31.5 Å². The van der Waals surface area contributed by atoms with E-state index in [-0.39, 0.29) is 11.6 Å². The lowest BCUT2D eigenvalue weighted by Gasteiger charge is -2.26. The second kappa shape index (κ2) is 6.86. The number of rotatable bonds is 6. The summed E-state index contributed by atoms with van der Waals surface area (Å²) in [4.78, 5) is 2.20. The third kappa shape index (κ3) is 4.63. The van der Waals surface area contributed by atoms with Crippen LogP contribution in [0, 0.1) is 0 Å². The monoisotopic (exact) mass is 251 g/mol.